The van der Waals surface area contributed by atoms with E-state index in [0.717, 1.165) is 77.8 Å². The Kier molecular flexibility index (Phi) is 10.0. The number of hydrogen-bond acceptors (Lipinski definition) is 5. The lowest BCUT2D eigenvalue weighted by molar-refractivity contribution is -0.130. The number of fused-ring (bicyclic) bond motifs is 1. The van der Waals surface area contributed by atoms with Crippen LogP contribution in [0.1, 0.15) is 64.0 Å². The molecule has 33 heavy (non-hydrogen) atoms. The van der Waals surface area contributed by atoms with Crippen LogP contribution in [0.4, 0.5) is 4.79 Å². The minimum atomic E-state index is -0.399. The van der Waals surface area contributed by atoms with Gasteiger partial charge in [-0.1, -0.05) is 13.0 Å². The van der Waals surface area contributed by atoms with E-state index >= 15 is 0 Å². The van der Waals surface area contributed by atoms with Gasteiger partial charge in [0.05, 0.1) is 0 Å². The van der Waals surface area contributed by atoms with E-state index in [1.165, 1.54) is 11.1 Å². The first-order valence-corrected chi connectivity index (χ1v) is 12.8. The Balaban J connectivity index is 1.52. The zero-order valence-electron chi connectivity index (χ0n) is 20.7. The van der Waals surface area contributed by atoms with Crippen molar-refractivity contribution in [1.82, 2.24) is 20.4 Å². The Morgan fingerprint density at radius 1 is 1.21 bits per heavy atom. The highest BCUT2D eigenvalue weighted by molar-refractivity contribution is 5.76. The molecule has 184 valence electrons. The topological polar surface area (TPSA) is 73.9 Å². The zero-order chi connectivity index (χ0) is 23.6. The molecule has 7 heteroatoms. The molecule has 0 bridgehead atoms. The molecule has 2 aliphatic rings. The Morgan fingerprint density at radius 3 is 2.85 bits per heavy atom. The largest absolute Gasteiger partial charge is 0.412 e. The summed E-state index contributed by atoms with van der Waals surface area (Å²) in [7, 11) is 0. The van der Waals surface area contributed by atoms with Gasteiger partial charge in [0.25, 0.3) is 0 Å². The van der Waals surface area contributed by atoms with Gasteiger partial charge >= 0.3 is 6.09 Å². The predicted molar refractivity (Wildman–Crippen MR) is 132 cm³/mol. The summed E-state index contributed by atoms with van der Waals surface area (Å²) in [6.07, 6.45) is 6.74. The average molecular weight is 459 g/mol. The molecule has 0 aromatic heterocycles. The standard InChI is InChI=1S/C26H42N4O3/c1-4-14-29(15-5-6-16-30-17-13-27-12-11-25(30)31)23-9-7-21-8-10-24(19-22(21)18-23)33-26(32)28-20(2)3/h8,10,19-20,23,27H,4-7,9,11-18H2,1-3H3,(H,28,32). The van der Waals surface area contributed by atoms with Crippen molar-refractivity contribution in [3.05, 3.63) is 29.3 Å². The molecule has 1 fully saturated rings. The number of amides is 2. The molecule has 7 nitrogen and oxygen atoms in total. The third-order valence-corrected chi connectivity index (χ3v) is 6.57. The van der Waals surface area contributed by atoms with Crippen molar-refractivity contribution >= 4 is 12.0 Å². The number of rotatable bonds is 10. The molecule has 1 atom stereocenters. The summed E-state index contributed by atoms with van der Waals surface area (Å²) >= 11 is 0. The van der Waals surface area contributed by atoms with Crippen molar-refractivity contribution in [2.75, 3.05) is 39.3 Å². The monoisotopic (exact) mass is 458 g/mol. The Morgan fingerprint density at radius 2 is 2.06 bits per heavy atom. The molecule has 3 rings (SSSR count). The van der Waals surface area contributed by atoms with E-state index in [4.69, 9.17) is 4.74 Å². The van der Waals surface area contributed by atoms with Gasteiger partial charge in [-0.05, 0) is 88.7 Å². The van der Waals surface area contributed by atoms with Gasteiger partial charge in [0.2, 0.25) is 5.91 Å². The van der Waals surface area contributed by atoms with Crippen LogP contribution in [0, 0.1) is 0 Å². The molecule has 1 aliphatic heterocycles. The number of carbonyl (C=O) groups is 2. The summed E-state index contributed by atoms with van der Waals surface area (Å²) in [5, 5.41) is 6.08. The minimum absolute atomic E-state index is 0.0521. The van der Waals surface area contributed by atoms with Crippen LogP contribution in [0.3, 0.4) is 0 Å². The lowest BCUT2D eigenvalue weighted by Crippen LogP contribution is -2.41. The number of ether oxygens (including phenoxy) is 1. The minimum Gasteiger partial charge on any atom is -0.410 e. The van der Waals surface area contributed by atoms with Crippen LogP contribution in [0.2, 0.25) is 0 Å². The van der Waals surface area contributed by atoms with Crippen LogP contribution in [-0.2, 0) is 17.6 Å². The van der Waals surface area contributed by atoms with Crippen molar-refractivity contribution in [3.8, 4) is 5.75 Å². The molecule has 1 heterocycles. The quantitative estimate of drug-likeness (QED) is 0.526. The van der Waals surface area contributed by atoms with Gasteiger partial charge in [0.1, 0.15) is 5.75 Å². The fraction of sp³-hybridized carbons (Fsp3) is 0.692. The number of hydrogen-bond donors (Lipinski definition) is 2. The fourth-order valence-electron chi connectivity index (χ4n) is 4.90. The Labute approximate surface area is 199 Å². The van der Waals surface area contributed by atoms with Crippen molar-refractivity contribution in [2.24, 2.45) is 0 Å². The maximum atomic E-state index is 12.2. The second kappa shape index (κ2) is 12.9. The number of nitrogens with one attached hydrogen (secondary N) is 2. The van der Waals surface area contributed by atoms with Crippen LogP contribution in [0.25, 0.3) is 0 Å². The molecular formula is C26H42N4O3. The maximum Gasteiger partial charge on any atom is 0.412 e. The molecule has 0 saturated carbocycles. The van der Waals surface area contributed by atoms with Gasteiger partial charge in [-0.25, -0.2) is 4.79 Å². The smallest absolute Gasteiger partial charge is 0.410 e. The number of nitrogens with zero attached hydrogens (tertiary/aromatic N) is 2. The summed E-state index contributed by atoms with van der Waals surface area (Å²) in [5.41, 5.74) is 2.66. The maximum absolute atomic E-state index is 12.2. The molecule has 1 aliphatic carbocycles. The number of aryl methyl sites for hydroxylation is 1. The van der Waals surface area contributed by atoms with Gasteiger partial charge < -0.3 is 25.2 Å². The summed E-state index contributed by atoms with van der Waals surface area (Å²) < 4.78 is 5.49. The van der Waals surface area contributed by atoms with E-state index in [0.29, 0.717) is 18.2 Å². The predicted octanol–water partition coefficient (Wildman–Crippen LogP) is 3.35. The van der Waals surface area contributed by atoms with Gasteiger partial charge in [0.15, 0.2) is 0 Å². The molecule has 2 amide bonds. The SMILES string of the molecule is CCCN(CCCCN1CCNCCC1=O)C1CCc2ccc(OC(=O)NC(C)C)cc2C1. The second-order valence-corrected chi connectivity index (χ2v) is 9.64. The molecule has 1 aromatic rings. The van der Waals surface area contributed by atoms with Crippen molar-refractivity contribution in [2.45, 2.75) is 77.8 Å². The van der Waals surface area contributed by atoms with E-state index in [-0.39, 0.29) is 11.9 Å². The molecule has 2 N–H and O–H groups in total. The highest BCUT2D eigenvalue weighted by Crippen LogP contribution is 2.28. The van der Waals surface area contributed by atoms with E-state index in [1.807, 2.05) is 30.9 Å². The van der Waals surface area contributed by atoms with Gasteiger partial charge in [-0.2, -0.15) is 0 Å². The van der Waals surface area contributed by atoms with Crippen molar-refractivity contribution < 1.29 is 14.3 Å². The summed E-state index contributed by atoms with van der Waals surface area (Å²) in [6.45, 7) is 11.7. The highest BCUT2D eigenvalue weighted by Gasteiger charge is 2.24. The zero-order valence-corrected chi connectivity index (χ0v) is 20.7. The molecule has 1 unspecified atom stereocenters. The van der Waals surface area contributed by atoms with E-state index in [9.17, 15) is 9.59 Å². The summed E-state index contributed by atoms with van der Waals surface area (Å²) in [6, 6.07) is 6.63. The van der Waals surface area contributed by atoms with Gasteiger partial charge in [0, 0.05) is 44.7 Å². The van der Waals surface area contributed by atoms with Crippen LogP contribution in [-0.4, -0.2) is 73.2 Å². The summed E-state index contributed by atoms with van der Waals surface area (Å²) in [5.74, 6) is 0.903. The van der Waals surface area contributed by atoms with Gasteiger partial charge in [-0.15, -0.1) is 0 Å². The normalized spacial score (nSPS) is 18.9. The molecule has 0 radical (unpaired) electrons. The van der Waals surface area contributed by atoms with Crippen molar-refractivity contribution in [3.63, 3.8) is 0 Å². The fourth-order valence-corrected chi connectivity index (χ4v) is 4.90. The van der Waals surface area contributed by atoms with Crippen LogP contribution in [0.5, 0.6) is 5.75 Å². The van der Waals surface area contributed by atoms with Crippen LogP contribution >= 0.6 is 0 Å². The van der Waals surface area contributed by atoms with Crippen LogP contribution in [0.15, 0.2) is 18.2 Å². The number of benzene rings is 1. The third-order valence-electron chi connectivity index (χ3n) is 6.57. The lowest BCUT2D eigenvalue weighted by Gasteiger charge is -2.35. The third kappa shape index (κ3) is 8.00. The van der Waals surface area contributed by atoms with E-state index in [1.54, 1.807) is 0 Å². The lowest BCUT2D eigenvalue weighted by atomic mass is 9.87. The first kappa shape index (κ1) is 25.5. The average Bonchev–Trinajstić information content (AvgIpc) is 2.98. The van der Waals surface area contributed by atoms with Gasteiger partial charge in [-0.3, -0.25) is 4.79 Å². The van der Waals surface area contributed by atoms with Crippen molar-refractivity contribution in [1.29, 1.82) is 0 Å². The van der Waals surface area contributed by atoms with E-state index < -0.39 is 6.09 Å². The molecule has 1 aromatic carbocycles. The Hall–Kier alpha value is -2.12. The van der Waals surface area contributed by atoms with Crippen LogP contribution < -0.4 is 15.4 Å². The molecule has 1 saturated heterocycles. The molecular weight excluding hydrogens is 416 g/mol. The highest BCUT2D eigenvalue weighted by atomic mass is 16.6. The summed E-state index contributed by atoms with van der Waals surface area (Å²) in [4.78, 5) is 28.8. The number of unbranched alkanes of at least 4 members (excludes halogenated alkanes) is 1. The first-order valence-electron chi connectivity index (χ1n) is 12.8. The number of carbonyl (C=O) groups excluding carboxylic acids is 2. The second-order valence-electron chi connectivity index (χ2n) is 9.64. The first-order chi connectivity index (χ1) is 16.0. The molecule has 0 spiro atoms. The Bertz CT molecular complexity index is 783. The van der Waals surface area contributed by atoms with E-state index in [2.05, 4.69) is 28.5 Å².